The zero-order chi connectivity index (χ0) is 17.3. The maximum absolute atomic E-state index is 13.0. The Hall–Kier alpha value is -1.31. The molecule has 134 valence electrons. The average Bonchev–Trinajstić information content (AvgIpc) is 3.12. The molecule has 1 aromatic carbocycles. The van der Waals surface area contributed by atoms with Crippen LogP contribution in [-0.2, 0) is 10.0 Å². The van der Waals surface area contributed by atoms with Crippen molar-refractivity contribution in [3.8, 4) is 11.5 Å². The standard InChI is InChI=1S/C17H26N2O4S/c1-3-22-16-8-6-13(9-17(16)23-4-2)24(20,21)19-10-12-5-7-15(18)14(12)11-19/h6,8-9,12,14-15H,3-5,7,10-11,18H2,1-2H3. The lowest BCUT2D eigenvalue weighted by Crippen LogP contribution is -2.33. The molecule has 2 aliphatic rings. The summed E-state index contributed by atoms with van der Waals surface area (Å²) in [6, 6.07) is 4.95. The van der Waals surface area contributed by atoms with E-state index in [1.54, 1.807) is 22.5 Å². The van der Waals surface area contributed by atoms with Gasteiger partial charge < -0.3 is 15.2 Å². The smallest absolute Gasteiger partial charge is 0.243 e. The Kier molecular flexibility index (Phi) is 5.03. The van der Waals surface area contributed by atoms with Crippen molar-refractivity contribution in [3.05, 3.63) is 18.2 Å². The normalized spacial score (nSPS) is 27.2. The van der Waals surface area contributed by atoms with Gasteiger partial charge in [-0.05, 0) is 50.7 Å². The van der Waals surface area contributed by atoms with Crippen LogP contribution in [0.5, 0.6) is 11.5 Å². The topological polar surface area (TPSA) is 81.9 Å². The summed E-state index contributed by atoms with van der Waals surface area (Å²) in [5.74, 6) is 1.72. The van der Waals surface area contributed by atoms with Crippen molar-refractivity contribution >= 4 is 10.0 Å². The van der Waals surface area contributed by atoms with E-state index in [-0.39, 0.29) is 16.9 Å². The van der Waals surface area contributed by atoms with E-state index < -0.39 is 10.0 Å². The monoisotopic (exact) mass is 354 g/mol. The van der Waals surface area contributed by atoms with Gasteiger partial charge in [-0.2, -0.15) is 4.31 Å². The molecule has 1 aliphatic carbocycles. The van der Waals surface area contributed by atoms with Gasteiger partial charge in [-0.15, -0.1) is 0 Å². The van der Waals surface area contributed by atoms with E-state index >= 15 is 0 Å². The molecule has 2 fully saturated rings. The first-order valence-electron chi connectivity index (χ1n) is 8.62. The number of benzene rings is 1. The zero-order valence-corrected chi connectivity index (χ0v) is 15.1. The molecule has 0 spiro atoms. The second-order valence-corrected chi connectivity index (χ2v) is 8.40. The molecule has 6 nitrogen and oxygen atoms in total. The number of hydrogen-bond acceptors (Lipinski definition) is 5. The lowest BCUT2D eigenvalue weighted by Gasteiger charge is -2.19. The first-order chi connectivity index (χ1) is 11.5. The Morgan fingerprint density at radius 1 is 1.12 bits per heavy atom. The van der Waals surface area contributed by atoms with E-state index in [4.69, 9.17) is 15.2 Å². The van der Waals surface area contributed by atoms with Gasteiger partial charge in [0, 0.05) is 25.2 Å². The Labute approximate surface area is 144 Å². The van der Waals surface area contributed by atoms with Crippen LogP contribution in [0.15, 0.2) is 23.1 Å². The first kappa shape index (κ1) is 17.5. The summed E-state index contributed by atoms with van der Waals surface area (Å²) in [6.07, 6.45) is 2.02. The highest BCUT2D eigenvalue weighted by atomic mass is 32.2. The summed E-state index contributed by atoms with van der Waals surface area (Å²) in [6.45, 7) is 5.78. The first-order valence-corrected chi connectivity index (χ1v) is 10.1. The summed E-state index contributed by atoms with van der Waals surface area (Å²) in [4.78, 5) is 0.253. The van der Waals surface area contributed by atoms with Gasteiger partial charge >= 0.3 is 0 Å². The van der Waals surface area contributed by atoms with Gasteiger partial charge in [0.2, 0.25) is 10.0 Å². The Morgan fingerprint density at radius 2 is 1.83 bits per heavy atom. The molecule has 3 rings (SSSR count). The molecule has 1 heterocycles. The Bertz CT molecular complexity index is 692. The number of fused-ring (bicyclic) bond motifs is 1. The van der Waals surface area contributed by atoms with Gasteiger partial charge in [0.05, 0.1) is 18.1 Å². The highest BCUT2D eigenvalue weighted by molar-refractivity contribution is 7.89. The van der Waals surface area contributed by atoms with E-state index in [0.29, 0.717) is 43.7 Å². The van der Waals surface area contributed by atoms with E-state index in [9.17, 15) is 8.42 Å². The van der Waals surface area contributed by atoms with Crippen molar-refractivity contribution in [2.75, 3.05) is 26.3 Å². The van der Waals surface area contributed by atoms with E-state index in [2.05, 4.69) is 0 Å². The fourth-order valence-corrected chi connectivity index (χ4v) is 5.35. The molecule has 1 aliphatic heterocycles. The minimum Gasteiger partial charge on any atom is -0.490 e. The van der Waals surface area contributed by atoms with Crippen LogP contribution in [0.4, 0.5) is 0 Å². The van der Waals surface area contributed by atoms with Gasteiger partial charge in [-0.3, -0.25) is 0 Å². The number of rotatable bonds is 6. The van der Waals surface area contributed by atoms with Gasteiger partial charge in [-0.25, -0.2) is 8.42 Å². The predicted octanol–water partition coefficient (Wildman–Crippen LogP) is 1.84. The third-order valence-electron chi connectivity index (χ3n) is 5.03. The third-order valence-corrected chi connectivity index (χ3v) is 6.86. The largest absolute Gasteiger partial charge is 0.490 e. The molecule has 0 radical (unpaired) electrons. The van der Waals surface area contributed by atoms with Crippen molar-refractivity contribution in [1.82, 2.24) is 4.31 Å². The van der Waals surface area contributed by atoms with Crippen LogP contribution < -0.4 is 15.2 Å². The van der Waals surface area contributed by atoms with Crippen molar-refractivity contribution in [1.29, 1.82) is 0 Å². The maximum atomic E-state index is 13.0. The van der Waals surface area contributed by atoms with Crippen LogP contribution in [0.2, 0.25) is 0 Å². The highest BCUT2D eigenvalue weighted by Gasteiger charge is 2.45. The van der Waals surface area contributed by atoms with E-state index in [0.717, 1.165) is 12.8 Å². The number of nitrogens with two attached hydrogens (primary N) is 1. The number of sulfonamides is 1. The van der Waals surface area contributed by atoms with Gasteiger partial charge in [0.15, 0.2) is 11.5 Å². The molecular weight excluding hydrogens is 328 g/mol. The van der Waals surface area contributed by atoms with Crippen molar-refractivity contribution in [2.45, 2.75) is 37.6 Å². The van der Waals surface area contributed by atoms with E-state index in [1.165, 1.54) is 0 Å². The molecule has 0 amide bonds. The molecule has 7 heteroatoms. The maximum Gasteiger partial charge on any atom is 0.243 e. The Balaban J connectivity index is 1.86. The molecule has 1 saturated heterocycles. The predicted molar refractivity (Wildman–Crippen MR) is 91.7 cm³/mol. The molecule has 2 N–H and O–H groups in total. The SMILES string of the molecule is CCOc1ccc(S(=O)(=O)N2CC3CCC(N)C3C2)cc1OCC. The molecule has 3 atom stereocenters. The second kappa shape index (κ2) is 6.90. The van der Waals surface area contributed by atoms with Crippen LogP contribution in [0.25, 0.3) is 0 Å². The van der Waals surface area contributed by atoms with Crippen LogP contribution in [-0.4, -0.2) is 45.1 Å². The van der Waals surface area contributed by atoms with Crippen molar-refractivity contribution in [3.63, 3.8) is 0 Å². The highest BCUT2D eigenvalue weighted by Crippen LogP contribution is 2.40. The fraction of sp³-hybridized carbons (Fsp3) is 0.647. The molecule has 3 unspecified atom stereocenters. The third kappa shape index (κ3) is 3.12. The van der Waals surface area contributed by atoms with E-state index in [1.807, 2.05) is 13.8 Å². The Morgan fingerprint density at radius 3 is 2.50 bits per heavy atom. The summed E-state index contributed by atoms with van der Waals surface area (Å²) >= 11 is 0. The van der Waals surface area contributed by atoms with Crippen molar-refractivity contribution in [2.24, 2.45) is 17.6 Å². The van der Waals surface area contributed by atoms with Gasteiger partial charge in [0.1, 0.15) is 0 Å². The molecule has 1 aromatic rings. The number of hydrogen-bond donors (Lipinski definition) is 1. The summed E-state index contributed by atoms with van der Waals surface area (Å²) in [5.41, 5.74) is 6.12. The minimum absolute atomic E-state index is 0.120. The average molecular weight is 354 g/mol. The number of nitrogens with zero attached hydrogens (tertiary/aromatic N) is 1. The second-order valence-electron chi connectivity index (χ2n) is 6.46. The molecule has 0 bridgehead atoms. The van der Waals surface area contributed by atoms with Crippen LogP contribution in [0, 0.1) is 11.8 Å². The van der Waals surface area contributed by atoms with Gasteiger partial charge in [-0.1, -0.05) is 0 Å². The molecule has 0 aromatic heterocycles. The quantitative estimate of drug-likeness (QED) is 0.843. The lowest BCUT2D eigenvalue weighted by atomic mass is 9.98. The summed E-state index contributed by atoms with van der Waals surface area (Å²) in [7, 11) is -3.53. The minimum atomic E-state index is -3.53. The van der Waals surface area contributed by atoms with Crippen molar-refractivity contribution < 1.29 is 17.9 Å². The molecular formula is C17H26N2O4S. The summed E-state index contributed by atoms with van der Waals surface area (Å²) < 4.78 is 38.6. The molecule has 24 heavy (non-hydrogen) atoms. The fourth-order valence-electron chi connectivity index (χ4n) is 3.80. The number of ether oxygens (including phenoxy) is 2. The van der Waals surface area contributed by atoms with Crippen LogP contribution >= 0.6 is 0 Å². The van der Waals surface area contributed by atoms with Gasteiger partial charge in [0.25, 0.3) is 0 Å². The van der Waals surface area contributed by atoms with Crippen LogP contribution in [0.3, 0.4) is 0 Å². The summed E-state index contributed by atoms with van der Waals surface area (Å²) in [5, 5.41) is 0. The molecule has 1 saturated carbocycles. The van der Waals surface area contributed by atoms with Crippen LogP contribution in [0.1, 0.15) is 26.7 Å². The lowest BCUT2D eigenvalue weighted by molar-refractivity contribution is 0.287. The zero-order valence-electron chi connectivity index (χ0n) is 14.3.